The average molecular weight is 304 g/mol. The molecule has 0 radical (unpaired) electrons. The molecule has 112 valence electrons. The molecule has 0 aliphatic heterocycles. The van der Waals surface area contributed by atoms with E-state index in [1.165, 1.54) is 0 Å². The zero-order valence-corrected chi connectivity index (χ0v) is 13.4. The molecule has 2 aromatic rings. The third kappa shape index (κ3) is 4.48. The molecule has 0 aliphatic rings. The summed E-state index contributed by atoms with van der Waals surface area (Å²) >= 11 is 6.28. The number of rotatable bonds is 6. The zero-order chi connectivity index (χ0) is 15.2. The zero-order valence-electron chi connectivity index (χ0n) is 12.6. The second kappa shape index (κ2) is 7.48. The number of benzene rings is 2. The molecule has 0 aliphatic carbocycles. The van der Waals surface area contributed by atoms with Crippen LogP contribution in [0, 0.1) is 6.92 Å². The Bertz CT molecular complexity index is 598. The highest BCUT2D eigenvalue weighted by atomic mass is 35.5. The Kier molecular flexibility index (Phi) is 5.66. The van der Waals surface area contributed by atoms with Gasteiger partial charge in [0.2, 0.25) is 0 Å². The molecule has 0 saturated heterocycles. The molecule has 2 rings (SSSR count). The van der Waals surface area contributed by atoms with Crippen molar-refractivity contribution < 1.29 is 4.74 Å². The molecule has 21 heavy (non-hydrogen) atoms. The molecule has 1 unspecified atom stereocenters. The first-order valence-corrected chi connectivity index (χ1v) is 7.71. The molecule has 2 N–H and O–H groups in total. The maximum Gasteiger partial charge on any atom is 0.119 e. The first-order chi connectivity index (χ1) is 10.1. The number of halogens is 1. The Hall–Kier alpha value is -1.51. The SMILES string of the molecule is CCCOc1cccc(C(N)Cc2ccc(C)cc2Cl)c1. The van der Waals surface area contributed by atoms with E-state index < -0.39 is 0 Å². The highest BCUT2D eigenvalue weighted by molar-refractivity contribution is 6.31. The summed E-state index contributed by atoms with van der Waals surface area (Å²) in [5.41, 5.74) is 9.62. The van der Waals surface area contributed by atoms with Gasteiger partial charge in [0.05, 0.1) is 6.61 Å². The van der Waals surface area contributed by atoms with E-state index in [0.29, 0.717) is 0 Å². The van der Waals surface area contributed by atoms with Crippen LogP contribution in [0.25, 0.3) is 0 Å². The quantitative estimate of drug-likeness (QED) is 0.841. The highest BCUT2D eigenvalue weighted by Gasteiger charge is 2.10. The van der Waals surface area contributed by atoms with Crippen molar-refractivity contribution in [2.24, 2.45) is 5.73 Å². The van der Waals surface area contributed by atoms with Crippen LogP contribution in [-0.2, 0) is 6.42 Å². The topological polar surface area (TPSA) is 35.2 Å². The molecule has 2 aromatic carbocycles. The summed E-state index contributed by atoms with van der Waals surface area (Å²) in [5, 5.41) is 0.781. The molecule has 2 nitrogen and oxygen atoms in total. The Morgan fingerprint density at radius 2 is 2.00 bits per heavy atom. The lowest BCUT2D eigenvalue weighted by molar-refractivity contribution is 0.317. The van der Waals surface area contributed by atoms with Crippen molar-refractivity contribution in [1.82, 2.24) is 0 Å². The van der Waals surface area contributed by atoms with Gasteiger partial charge in [0.1, 0.15) is 5.75 Å². The smallest absolute Gasteiger partial charge is 0.119 e. The molecule has 0 bridgehead atoms. The van der Waals surface area contributed by atoms with Gasteiger partial charge in [0.25, 0.3) is 0 Å². The average Bonchev–Trinajstić information content (AvgIpc) is 2.48. The van der Waals surface area contributed by atoms with Crippen LogP contribution in [0.15, 0.2) is 42.5 Å². The summed E-state index contributed by atoms with van der Waals surface area (Å²) in [4.78, 5) is 0. The number of nitrogens with two attached hydrogens (primary N) is 1. The summed E-state index contributed by atoms with van der Waals surface area (Å²) in [6.45, 7) is 4.85. The van der Waals surface area contributed by atoms with E-state index in [1.54, 1.807) is 0 Å². The van der Waals surface area contributed by atoms with Gasteiger partial charge in [-0.2, -0.15) is 0 Å². The van der Waals surface area contributed by atoms with Gasteiger partial charge in [-0.25, -0.2) is 0 Å². The summed E-state index contributed by atoms with van der Waals surface area (Å²) < 4.78 is 5.65. The van der Waals surface area contributed by atoms with E-state index in [-0.39, 0.29) is 6.04 Å². The Morgan fingerprint density at radius 1 is 1.19 bits per heavy atom. The summed E-state index contributed by atoms with van der Waals surface area (Å²) in [7, 11) is 0. The number of hydrogen-bond acceptors (Lipinski definition) is 2. The van der Waals surface area contributed by atoms with Gasteiger partial charge >= 0.3 is 0 Å². The minimum Gasteiger partial charge on any atom is -0.494 e. The van der Waals surface area contributed by atoms with E-state index in [0.717, 1.165) is 46.9 Å². The Balaban J connectivity index is 2.10. The largest absolute Gasteiger partial charge is 0.494 e. The molecule has 3 heteroatoms. The van der Waals surface area contributed by atoms with Crippen LogP contribution in [0.1, 0.15) is 36.1 Å². The molecule has 0 spiro atoms. The van der Waals surface area contributed by atoms with Crippen molar-refractivity contribution in [2.45, 2.75) is 32.7 Å². The first kappa shape index (κ1) is 15.9. The van der Waals surface area contributed by atoms with Crippen LogP contribution in [0.3, 0.4) is 0 Å². The Morgan fingerprint density at radius 3 is 2.71 bits per heavy atom. The Labute approximate surface area is 131 Å². The lowest BCUT2D eigenvalue weighted by atomic mass is 9.99. The third-order valence-corrected chi connectivity index (χ3v) is 3.76. The van der Waals surface area contributed by atoms with Gasteiger partial charge < -0.3 is 10.5 Å². The van der Waals surface area contributed by atoms with E-state index in [1.807, 2.05) is 37.3 Å². The lowest BCUT2D eigenvalue weighted by Crippen LogP contribution is -2.13. The second-order valence-corrected chi connectivity index (χ2v) is 5.73. The van der Waals surface area contributed by atoms with Crippen LogP contribution in [-0.4, -0.2) is 6.61 Å². The lowest BCUT2D eigenvalue weighted by Gasteiger charge is -2.15. The number of aryl methyl sites for hydroxylation is 1. The van der Waals surface area contributed by atoms with Crippen LogP contribution in [0.2, 0.25) is 5.02 Å². The predicted molar refractivity (Wildman–Crippen MR) is 89.0 cm³/mol. The highest BCUT2D eigenvalue weighted by Crippen LogP contribution is 2.25. The fourth-order valence-electron chi connectivity index (χ4n) is 2.23. The summed E-state index contributed by atoms with van der Waals surface area (Å²) in [5.74, 6) is 0.875. The van der Waals surface area contributed by atoms with Crippen molar-refractivity contribution in [2.75, 3.05) is 6.61 Å². The van der Waals surface area contributed by atoms with Crippen molar-refractivity contribution in [3.8, 4) is 5.75 Å². The molecule has 0 fully saturated rings. The molecule has 0 amide bonds. The van der Waals surface area contributed by atoms with Gasteiger partial charge in [-0.3, -0.25) is 0 Å². The monoisotopic (exact) mass is 303 g/mol. The van der Waals surface area contributed by atoms with Crippen molar-refractivity contribution in [1.29, 1.82) is 0 Å². The van der Waals surface area contributed by atoms with Crippen molar-refractivity contribution in [3.05, 3.63) is 64.2 Å². The van der Waals surface area contributed by atoms with E-state index >= 15 is 0 Å². The number of hydrogen-bond donors (Lipinski definition) is 1. The minimum atomic E-state index is -0.0876. The van der Waals surface area contributed by atoms with Gasteiger partial charge in [0, 0.05) is 11.1 Å². The van der Waals surface area contributed by atoms with Crippen LogP contribution in [0.4, 0.5) is 0 Å². The van der Waals surface area contributed by atoms with E-state index in [4.69, 9.17) is 22.1 Å². The van der Waals surface area contributed by atoms with Gasteiger partial charge in [-0.15, -0.1) is 0 Å². The third-order valence-electron chi connectivity index (χ3n) is 3.41. The van der Waals surface area contributed by atoms with Crippen LogP contribution in [0.5, 0.6) is 5.75 Å². The van der Waals surface area contributed by atoms with Gasteiger partial charge in [-0.05, 0) is 54.7 Å². The fourth-order valence-corrected chi connectivity index (χ4v) is 2.54. The molecule has 1 atom stereocenters. The van der Waals surface area contributed by atoms with Crippen molar-refractivity contribution >= 4 is 11.6 Å². The number of ether oxygens (including phenoxy) is 1. The van der Waals surface area contributed by atoms with Crippen LogP contribution >= 0.6 is 11.6 Å². The molecular weight excluding hydrogens is 282 g/mol. The molecule has 0 aromatic heterocycles. The molecule has 0 heterocycles. The van der Waals surface area contributed by atoms with Gasteiger partial charge in [0.15, 0.2) is 0 Å². The van der Waals surface area contributed by atoms with E-state index in [2.05, 4.69) is 19.1 Å². The first-order valence-electron chi connectivity index (χ1n) is 7.33. The predicted octanol–water partition coefficient (Wildman–Crippen LogP) is 4.68. The minimum absolute atomic E-state index is 0.0876. The van der Waals surface area contributed by atoms with E-state index in [9.17, 15) is 0 Å². The van der Waals surface area contributed by atoms with Gasteiger partial charge in [-0.1, -0.05) is 42.8 Å². The second-order valence-electron chi connectivity index (χ2n) is 5.33. The summed E-state index contributed by atoms with van der Waals surface area (Å²) in [6.07, 6.45) is 1.71. The van der Waals surface area contributed by atoms with Crippen molar-refractivity contribution in [3.63, 3.8) is 0 Å². The standard InChI is InChI=1S/C18H22ClNO/c1-3-9-21-16-6-4-5-15(11-16)18(20)12-14-8-7-13(2)10-17(14)19/h4-8,10-11,18H,3,9,12,20H2,1-2H3. The molecule has 0 saturated carbocycles. The fraction of sp³-hybridized carbons (Fsp3) is 0.333. The maximum atomic E-state index is 6.32. The normalized spacial score (nSPS) is 12.2. The summed E-state index contributed by atoms with van der Waals surface area (Å²) in [6, 6.07) is 14.0. The maximum absolute atomic E-state index is 6.32. The van der Waals surface area contributed by atoms with Crippen LogP contribution < -0.4 is 10.5 Å². The molecular formula is C18H22ClNO.